The van der Waals surface area contributed by atoms with Crippen LogP contribution in [0.15, 0.2) is 24.3 Å². The second-order valence-electron chi connectivity index (χ2n) is 5.46. The molecular weight excluding hydrogens is 266 g/mol. The predicted molar refractivity (Wildman–Crippen MR) is 83.3 cm³/mol. The van der Waals surface area contributed by atoms with E-state index >= 15 is 0 Å². The van der Waals surface area contributed by atoms with Gasteiger partial charge in [0.15, 0.2) is 0 Å². The molecule has 0 aromatic heterocycles. The van der Waals surface area contributed by atoms with Gasteiger partial charge in [0.2, 0.25) is 5.91 Å². The molecule has 21 heavy (non-hydrogen) atoms. The number of amides is 2. The molecule has 5 heteroatoms. The Bertz CT molecular complexity index is 522. The van der Waals surface area contributed by atoms with Crippen molar-refractivity contribution in [1.29, 1.82) is 0 Å². The molecule has 1 atom stereocenters. The van der Waals surface area contributed by atoms with Crippen molar-refractivity contribution in [2.45, 2.75) is 26.7 Å². The standard InChI is InChI=1S/C16H23N3O2/c1-3-16(8-9-17-11-16)15(21)19-13-7-5-6-12(10-13)14(20)18-4-2/h5-7,10,17H,3-4,8-9,11H2,1-2H3,(H,18,20)(H,19,21). The summed E-state index contributed by atoms with van der Waals surface area (Å²) in [4.78, 5) is 24.3. The summed E-state index contributed by atoms with van der Waals surface area (Å²) in [6.45, 7) is 6.09. The van der Waals surface area contributed by atoms with E-state index in [1.54, 1.807) is 18.2 Å². The maximum atomic E-state index is 12.5. The molecule has 114 valence electrons. The minimum atomic E-state index is -0.332. The van der Waals surface area contributed by atoms with Gasteiger partial charge in [-0.3, -0.25) is 9.59 Å². The van der Waals surface area contributed by atoms with Crippen LogP contribution in [0.3, 0.4) is 0 Å². The Balaban J connectivity index is 2.10. The third-order valence-corrected chi connectivity index (χ3v) is 4.12. The predicted octanol–water partition coefficient (Wildman–Crippen LogP) is 1.76. The van der Waals surface area contributed by atoms with Gasteiger partial charge in [0.05, 0.1) is 5.41 Å². The Morgan fingerprint density at radius 1 is 1.33 bits per heavy atom. The van der Waals surface area contributed by atoms with Crippen molar-refractivity contribution in [1.82, 2.24) is 10.6 Å². The molecule has 0 saturated carbocycles. The lowest BCUT2D eigenvalue weighted by atomic mass is 9.83. The summed E-state index contributed by atoms with van der Waals surface area (Å²) >= 11 is 0. The van der Waals surface area contributed by atoms with E-state index < -0.39 is 0 Å². The third-order valence-electron chi connectivity index (χ3n) is 4.12. The zero-order valence-electron chi connectivity index (χ0n) is 12.7. The molecule has 1 fully saturated rings. The lowest BCUT2D eigenvalue weighted by Gasteiger charge is -2.25. The van der Waals surface area contributed by atoms with Crippen molar-refractivity contribution in [3.63, 3.8) is 0 Å². The Labute approximate surface area is 125 Å². The largest absolute Gasteiger partial charge is 0.352 e. The van der Waals surface area contributed by atoms with E-state index in [4.69, 9.17) is 0 Å². The highest BCUT2D eigenvalue weighted by Crippen LogP contribution is 2.31. The van der Waals surface area contributed by atoms with E-state index in [-0.39, 0.29) is 17.2 Å². The molecule has 1 aromatic carbocycles. The smallest absolute Gasteiger partial charge is 0.251 e. The van der Waals surface area contributed by atoms with E-state index in [1.165, 1.54) is 0 Å². The molecule has 1 aliphatic heterocycles. The van der Waals surface area contributed by atoms with Crippen LogP contribution in [-0.2, 0) is 4.79 Å². The first-order valence-corrected chi connectivity index (χ1v) is 7.52. The number of benzene rings is 1. The van der Waals surface area contributed by atoms with Crippen LogP contribution < -0.4 is 16.0 Å². The minimum Gasteiger partial charge on any atom is -0.352 e. The second-order valence-corrected chi connectivity index (χ2v) is 5.46. The molecule has 0 radical (unpaired) electrons. The van der Waals surface area contributed by atoms with Gasteiger partial charge in [-0.15, -0.1) is 0 Å². The molecule has 2 rings (SSSR count). The average molecular weight is 289 g/mol. The first kappa shape index (κ1) is 15.5. The molecule has 0 bridgehead atoms. The van der Waals surface area contributed by atoms with Crippen LogP contribution >= 0.6 is 0 Å². The van der Waals surface area contributed by atoms with Crippen LogP contribution in [0.5, 0.6) is 0 Å². The molecule has 1 aliphatic rings. The summed E-state index contributed by atoms with van der Waals surface area (Å²) in [7, 11) is 0. The van der Waals surface area contributed by atoms with Crippen molar-refractivity contribution >= 4 is 17.5 Å². The number of carbonyl (C=O) groups excluding carboxylic acids is 2. The zero-order valence-corrected chi connectivity index (χ0v) is 12.7. The summed E-state index contributed by atoms with van der Waals surface area (Å²) < 4.78 is 0. The van der Waals surface area contributed by atoms with Crippen molar-refractivity contribution in [2.75, 3.05) is 25.0 Å². The molecule has 1 saturated heterocycles. The summed E-state index contributed by atoms with van der Waals surface area (Å²) in [5.74, 6) is -0.0932. The van der Waals surface area contributed by atoms with Crippen LogP contribution in [-0.4, -0.2) is 31.4 Å². The highest BCUT2D eigenvalue weighted by atomic mass is 16.2. The van der Waals surface area contributed by atoms with Gasteiger partial charge in [0.25, 0.3) is 5.91 Å². The summed E-state index contributed by atoms with van der Waals surface area (Å²) in [5.41, 5.74) is 0.898. The molecule has 3 N–H and O–H groups in total. The van der Waals surface area contributed by atoms with Gasteiger partial charge in [0.1, 0.15) is 0 Å². The fourth-order valence-electron chi connectivity index (χ4n) is 2.66. The lowest BCUT2D eigenvalue weighted by molar-refractivity contribution is -0.124. The maximum absolute atomic E-state index is 12.5. The van der Waals surface area contributed by atoms with Gasteiger partial charge in [-0.1, -0.05) is 13.0 Å². The van der Waals surface area contributed by atoms with Crippen LogP contribution in [0.4, 0.5) is 5.69 Å². The van der Waals surface area contributed by atoms with E-state index in [0.29, 0.717) is 24.3 Å². The summed E-state index contributed by atoms with van der Waals surface area (Å²) in [6.07, 6.45) is 1.66. The fourth-order valence-corrected chi connectivity index (χ4v) is 2.66. The van der Waals surface area contributed by atoms with Crippen molar-refractivity contribution in [2.24, 2.45) is 5.41 Å². The first-order valence-electron chi connectivity index (χ1n) is 7.52. The van der Waals surface area contributed by atoms with Gasteiger partial charge in [-0.25, -0.2) is 0 Å². The molecule has 1 aromatic rings. The number of hydrogen-bond acceptors (Lipinski definition) is 3. The van der Waals surface area contributed by atoms with Crippen LogP contribution in [0.2, 0.25) is 0 Å². The van der Waals surface area contributed by atoms with E-state index in [0.717, 1.165) is 19.4 Å². The van der Waals surface area contributed by atoms with Gasteiger partial charge >= 0.3 is 0 Å². The average Bonchev–Trinajstić information content (AvgIpc) is 2.98. The van der Waals surface area contributed by atoms with Crippen LogP contribution in [0.25, 0.3) is 0 Å². The summed E-state index contributed by atoms with van der Waals surface area (Å²) in [5, 5.41) is 8.96. The normalized spacial score (nSPS) is 21.0. The number of anilines is 1. The van der Waals surface area contributed by atoms with Gasteiger partial charge in [-0.05, 0) is 44.5 Å². The van der Waals surface area contributed by atoms with Crippen molar-refractivity contribution < 1.29 is 9.59 Å². The van der Waals surface area contributed by atoms with Gasteiger partial charge < -0.3 is 16.0 Å². The van der Waals surface area contributed by atoms with E-state index in [1.807, 2.05) is 19.9 Å². The maximum Gasteiger partial charge on any atom is 0.251 e. The lowest BCUT2D eigenvalue weighted by Crippen LogP contribution is -2.37. The number of rotatable bonds is 5. The summed E-state index contributed by atoms with van der Waals surface area (Å²) in [6, 6.07) is 7.06. The van der Waals surface area contributed by atoms with E-state index in [2.05, 4.69) is 16.0 Å². The SMILES string of the molecule is CCNC(=O)c1cccc(NC(=O)C2(CC)CCNC2)c1. The highest BCUT2D eigenvalue weighted by molar-refractivity contribution is 5.99. The number of carbonyl (C=O) groups is 2. The first-order chi connectivity index (χ1) is 10.1. The van der Waals surface area contributed by atoms with Crippen LogP contribution in [0, 0.1) is 5.41 Å². The molecule has 1 unspecified atom stereocenters. The quantitative estimate of drug-likeness (QED) is 0.773. The number of nitrogens with one attached hydrogen (secondary N) is 3. The van der Waals surface area contributed by atoms with Gasteiger partial charge in [-0.2, -0.15) is 0 Å². The second kappa shape index (κ2) is 6.72. The molecule has 2 amide bonds. The van der Waals surface area contributed by atoms with Crippen molar-refractivity contribution in [3.05, 3.63) is 29.8 Å². The van der Waals surface area contributed by atoms with Crippen molar-refractivity contribution in [3.8, 4) is 0 Å². The van der Waals surface area contributed by atoms with Crippen LogP contribution in [0.1, 0.15) is 37.0 Å². The molecule has 0 spiro atoms. The molecular formula is C16H23N3O2. The minimum absolute atomic E-state index is 0.0306. The highest BCUT2D eigenvalue weighted by Gasteiger charge is 2.39. The van der Waals surface area contributed by atoms with E-state index in [9.17, 15) is 9.59 Å². The Hall–Kier alpha value is -1.88. The Morgan fingerprint density at radius 3 is 2.76 bits per heavy atom. The topological polar surface area (TPSA) is 70.2 Å². The number of hydrogen-bond donors (Lipinski definition) is 3. The zero-order chi connectivity index (χ0) is 15.3. The Morgan fingerprint density at radius 2 is 2.14 bits per heavy atom. The molecule has 5 nitrogen and oxygen atoms in total. The molecule has 0 aliphatic carbocycles. The molecule has 1 heterocycles. The van der Waals surface area contributed by atoms with Gasteiger partial charge in [0, 0.05) is 24.3 Å². The fraction of sp³-hybridized carbons (Fsp3) is 0.500. The monoisotopic (exact) mass is 289 g/mol. The third kappa shape index (κ3) is 3.42. The Kier molecular flexibility index (Phi) is 4.96.